The summed E-state index contributed by atoms with van der Waals surface area (Å²) in [7, 11) is -3.13. The predicted octanol–water partition coefficient (Wildman–Crippen LogP) is 1.83. The van der Waals surface area contributed by atoms with Crippen LogP contribution in [-0.2, 0) is 14.8 Å². The Balaban J connectivity index is 0.000000178. The van der Waals surface area contributed by atoms with Crippen molar-refractivity contribution < 1.29 is 13.2 Å². The van der Waals surface area contributed by atoms with E-state index in [0.717, 1.165) is 23.7 Å². The standard InChI is InChI=1S/C9H7ClN2O.C3H7NO2S/c10-7-1-2-8-6(3-7)4-9(12-8)11-5-13;4-7(5,6)3-1-2-3/h1-5,12H,(H,11,13);3H,1-2H2,(H2,4,5,6). The first-order chi connectivity index (χ1) is 9.40. The van der Waals surface area contributed by atoms with E-state index in [-0.39, 0.29) is 5.25 Å². The fraction of sp³-hybridized carbons (Fsp3) is 0.250. The summed E-state index contributed by atoms with van der Waals surface area (Å²) in [5.74, 6) is 0.673. The highest BCUT2D eigenvalue weighted by Gasteiger charge is 2.32. The van der Waals surface area contributed by atoms with Crippen LogP contribution in [0, 0.1) is 0 Å². The van der Waals surface area contributed by atoms with Gasteiger partial charge >= 0.3 is 0 Å². The van der Waals surface area contributed by atoms with Crippen molar-refractivity contribution in [2.75, 3.05) is 5.32 Å². The third-order valence-electron chi connectivity index (χ3n) is 2.79. The molecule has 0 radical (unpaired) electrons. The van der Waals surface area contributed by atoms with Gasteiger partial charge < -0.3 is 10.3 Å². The second-order valence-corrected chi connectivity index (χ2v) is 6.75. The Hall–Kier alpha value is -1.57. The molecule has 0 spiro atoms. The van der Waals surface area contributed by atoms with Gasteiger partial charge in [0.25, 0.3) is 0 Å². The lowest BCUT2D eigenvalue weighted by molar-refractivity contribution is -0.105. The number of aromatic amines is 1. The van der Waals surface area contributed by atoms with E-state index in [2.05, 4.69) is 10.3 Å². The number of rotatable bonds is 3. The molecule has 1 saturated carbocycles. The molecule has 3 rings (SSSR count). The zero-order chi connectivity index (χ0) is 14.8. The predicted molar refractivity (Wildman–Crippen MR) is 79.1 cm³/mol. The van der Waals surface area contributed by atoms with Gasteiger partial charge in [-0.15, -0.1) is 0 Å². The molecule has 0 atom stereocenters. The molecule has 1 fully saturated rings. The van der Waals surface area contributed by atoms with Crippen LogP contribution in [-0.4, -0.2) is 25.1 Å². The summed E-state index contributed by atoms with van der Waals surface area (Å²) in [4.78, 5) is 13.2. The number of nitrogens with two attached hydrogens (primary N) is 1. The Morgan fingerprint density at radius 3 is 2.55 bits per heavy atom. The molecule has 4 N–H and O–H groups in total. The van der Waals surface area contributed by atoms with Crippen molar-refractivity contribution in [2.45, 2.75) is 18.1 Å². The maximum atomic E-state index is 10.2. The van der Waals surface area contributed by atoms with Crippen LogP contribution in [0.25, 0.3) is 10.9 Å². The minimum atomic E-state index is -3.13. The van der Waals surface area contributed by atoms with Crippen molar-refractivity contribution >= 4 is 44.8 Å². The molecule has 8 heteroatoms. The minimum absolute atomic E-state index is 0.201. The first kappa shape index (κ1) is 14.8. The van der Waals surface area contributed by atoms with E-state index in [9.17, 15) is 13.2 Å². The fourth-order valence-electron chi connectivity index (χ4n) is 1.64. The summed E-state index contributed by atoms with van der Waals surface area (Å²) in [6, 6.07) is 7.33. The molecule has 20 heavy (non-hydrogen) atoms. The number of carbonyl (C=O) groups is 1. The lowest BCUT2D eigenvalue weighted by Crippen LogP contribution is -2.16. The van der Waals surface area contributed by atoms with Crippen LogP contribution in [0.1, 0.15) is 12.8 Å². The molecule has 1 aromatic carbocycles. The number of fused-ring (bicyclic) bond motifs is 1. The number of sulfonamides is 1. The topological polar surface area (TPSA) is 105 Å². The largest absolute Gasteiger partial charge is 0.341 e. The molecule has 0 bridgehead atoms. The molecule has 1 aromatic heterocycles. The maximum absolute atomic E-state index is 10.2. The van der Waals surface area contributed by atoms with Gasteiger partial charge in [-0.3, -0.25) is 4.79 Å². The van der Waals surface area contributed by atoms with Crippen molar-refractivity contribution in [2.24, 2.45) is 5.14 Å². The number of amides is 1. The molecule has 1 aliphatic carbocycles. The van der Waals surface area contributed by atoms with E-state index in [1.165, 1.54) is 0 Å². The van der Waals surface area contributed by atoms with Crippen molar-refractivity contribution in [3.8, 4) is 0 Å². The van der Waals surface area contributed by atoms with Gasteiger partial charge in [0.1, 0.15) is 5.82 Å². The Kier molecular flexibility index (Phi) is 4.32. The smallest absolute Gasteiger partial charge is 0.212 e. The van der Waals surface area contributed by atoms with E-state index in [4.69, 9.17) is 16.7 Å². The van der Waals surface area contributed by atoms with Crippen LogP contribution < -0.4 is 10.5 Å². The van der Waals surface area contributed by atoms with E-state index in [1.54, 1.807) is 6.07 Å². The molecule has 6 nitrogen and oxygen atoms in total. The van der Waals surface area contributed by atoms with Crippen molar-refractivity contribution in [1.29, 1.82) is 0 Å². The van der Waals surface area contributed by atoms with Gasteiger partial charge in [0.05, 0.1) is 5.25 Å². The van der Waals surface area contributed by atoms with Crippen LogP contribution in [0.15, 0.2) is 24.3 Å². The average Bonchev–Trinajstić information content (AvgIpc) is 3.12. The number of hydrogen-bond acceptors (Lipinski definition) is 3. The van der Waals surface area contributed by atoms with Crippen LogP contribution in [0.5, 0.6) is 0 Å². The second kappa shape index (κ2) is 5.82. The molecule has 0 unspecified atom stereocenters. The van der Waals surface area contributed by atoms with E-state index >= 15 is 0 Å². The molecule has 108 valence electrons. The number of carbonyl (C=O) groups excluding carboxylic acids is 1. The highest BCUT2D eigenvalue weighted by Crippen LogP contribution is 2.25. The molecule has 2 aromatic rings. The summed E-state index contributed by atoms with van der Waals surface area (Å²) >= 11 is 5.80. The van der Waals surface area contributed by atoms with E-state index in [1.807, 2.05) is 18.2 Å². The quantitative estimate of drug-likeness (QED) is 0.752. The summed E-state index contributed by atoms with van der Waals surface area (Å²) in [6.45, 7) is 0. The van der Waals surface area contributed by atoms with Gasteiger partial charge in [-0.25, -0.2) is 13.6 Å². The third-order valence-corrected chi connectivity index (χ3v) is 4.42. The van der Waals surface area contributed by atoms with Crippen molar-refractivity contribution in [3.05, 3.63) is 29.3 Å². The third kappa shape index (κ3) is 3.96. The molecular formula is C12H14ClN3O3S. The highest BCUT2D eigenvalue weighted by atomic mass is 35.5. The minimum Gasteiger partial charge on any atom is -0.341 e. The summed E-state index contributed by atoms with van der Waals surface area (Å²) < 4.78 is 20.3. The lowest BCUT2D eigenvalue weighted by Gasteiger charge is -1.89. The number of benzene rings is 1. The normalized spacial score (nSPS) is 14.5. The number of anilines is 1. The number of primary sulfonamides is 1. The summed E-state index contributed by atoms with van der Waals surface area (Å²) in [5.41, 5.74) is 0.953. The number of hydrogen-bond donors (Lipinski definition) is 3. The molecule has 1 heterocycles. The number of halogens is 1. The summed E-state index contributed by atoms with van der Waals surface area (Å²) in [5, 5.41) is 8.72. The van der Waals surface area contributed by atoms with Crippen LogP contribution in [0.4, 0.5) is 5.82 Å². The Morgan fingerprint density at radius 2 is 2.05 bits per heavy atom. The first-order valence-corrected chi connectivity index (χ1v) is 7.89. The Morgan fingerprint density at radius 1 is 1.35 bits per heavy atom. The summed E-state index contributed by atoms with van der Waals surface area (Å²) in [6.07, 6.45) is 2.16. The lowest BCUT2D eigenvalue weighted by atomic mass is 10.2. The first-order valence-electron chi connectivity index (χ1n) is 5.90. The molecule has 0 aliphatic heterocycles. The number of aromatic nitrogens is 1. The fourth-order valence-corrected chi connectivity index (χ4v) is 2.62. The van der Waals surface area contributed by atoms with E-state index < -0.39 is 10.0 Å². The molecule has 1 amide bonds. The van der Waals surface area contributed by atoms with Crippen LogP contribution in [0.3, 0.4) is 0 Å². The SMILES string of the molecule is NS(=O)(=O)C1CC1.O=CNc1cc2cc(Cl)ccc2[nH]1. The second-order valence-electron chi connectivity index (χ2n) is 4.47. The van der Waals surface area contributed by atoms with Gasteiger partial charge in [-0.2, -0.15) is 0 Å². The van der Waals surface area contributed by atoms with Gasteiger partial charge in [0.2, 0.25) is 16.4 Å². The highest BCUT2D eigenvalue weighted by molar-refractivity contribution is 7.90. The monoisotopic (exact) mass is 315 g/mol. The van der Waals surface area contributed by atoms with Crippen LogP contribution in [0.2, 0.25) is 5.02 Å². The number of nitrogens with one attached hydrogen (secondary N) is 2. The van der Waals surface area contributed by atoms with Gasteiger partial charge in [0, 0.05) is 15.9 Å². The van der Waals surface area contributed by atoms with Gasteiger partial charge in [-0.05, 0) is 37.1 Å². The molecule has 0 saturated heterocycles. The van der Waals surface area contributed by atoms with Crippen molar-refractivity contribution in [1.82, 2.24) is 4.98 Å². The van der Waals surface area contributed by atoms with Crippen LogP contribution >= 0.6 is 11.6 Å². The zero-order valence-corrected chi connectivity index (χ0v) is 12.0. The maximum Gasteiger partial charge on any atom is 0.212 e. The zero-order valence-electron chi connectivity index (χ0n) is 10.5. The Bertz CT molecular complexity index is 723. The van der Waals surface area contributed by atoms with Gasteiger partial charge in [-0.1, -0.05) is 11.6 Å². The molecular weight excluding hydrogens is 302 g/mol. The number of H-pyrrole nitrogens is 1. The van der Waals surface area contributed by atoms with E-state index in [0.29, 0.717) is 17.3 Å². The van der Waals surface area contributed by atoms with Gasteiger partial charge in [0.15, 0.2) is 0 Å². The van der Waals surface area contributed by atoms with Crippen molar-refractivity contribution in [3.63, 3.8) is 0 Å². The molecule has 1 aliphatic rings. The average molecular weight is 316 g/mol. The Labute approximate surface area is 121 Å².